The lowest BCUT2D eigenvalue weighted by molar-refractivity contribution is -0.386. The van der Waals surface area contributed by atoms with Gasteiger partial charge in [-0.15, -0.1) is 0 Å². The van der Waals surface area contributed by atoms with Crippen molar-refractivity contribution in [2.24, 2.45) is 0 Å². The van der Waals surface area contributed by atoms with Crippen LogP contribution in [-0.4, -0.2) is 23.1 Å². The Kier molecular flexibility index (Phi) is 3.59. The fourth-order valence-corrected chi connectivity index (χ4v) is 1.63. The molecule has 6 nitrogen and oxygen atoms in total. The van der Waals surface area contributed by atoms with E-state index >= 15 is 0 Å². The van der Waals surface area contributed by atoms with Gasteiger partial charge in [-0.3, -0.25) is 14.9 Å². The molecular weight excluding hydrogens is 238 g/mol. The zero-order valence-electron chi connectivity index (χ0n) is 10.7. The second-order valence-electron chi connectivity index (χ2n) is 4.53. The first-order chi connectivity index (χ1) is 8.21. The van der Waals surface area contributed by atoms with E-state index < -0.39 is 22.0 Å². The van der Waals surface area contributed by atoms with Gasteiger partial charge in [-0.25, -0.2) is 0 Å². The average Bonchev–Trinajstić information content (AvgIpc) is 2.30. The number of hydrogen-bond donors (Lipinski definition) is 1. The highest BCUT2D eigenvalue weighted by molar-refractivity contribution is 5.82. The first kappa shape index (κ1) is 14.0. The number of rotatable bonds is 3. The minimum atomic E-state index is -1.02. The van der Waals surface area contributed by atoms with Crippen LogP contribution in [0.25, 0.3) is 0 Å². The van der Waals surface area contributed by atoms with Gasteiger partial charge in [0.1, 0.15) is 0 Å². The number of aromatic hydroxyl groups is 1. The number of ether oxygens (including phenoxy) is 1. The van der Waals surface area contributed by atoms with Gasteiger partial charge in [0.05, 0.1) is 17.4 Å². The van der Waals surface area contributed by atoms with Crippen molar-refractivity contribution in [2.45, 2.75) is 26.2 Å². The van der Waals surface area contributed by atoms with Crippen molar-refractivity contribution in [3.63, 3.8) is 0 Å². The number of aryl methyl sites for hydroxylation is 1. The topological polar surface area (TPSA) is 89.7 Å². The number of nitro groups is 1. The van der Waals surface area contributed by atoms with Gasteiger partial charge < -0.3 is 9.84 Å². The van der Waals surface area contributed by atoms with E-state index in [1.807, 2.05) is 0 Å². The van der Waals surface area contributed by atoms with Crippen molar-refractivity contribution in [3.8, 4) is 5.75 Å². The molecule has 1 N–H and O–H groups in total. The summed E-state index contributed by atoms with van der Waals surface area (Å²) >= 11 is 0. The highest BCUT2D eigenvalue weighted by Crippen LogP contribution is 2.35. The van der Waals surface area contributed by atoms with E-state index in [9.17, 15) is 20.0 Å². The van der Waals surface area contributed by atoms with Crippen molar-refractivity contribution in [2.75, 3.05) is 7.11 Å². The van der Waals surface area contributed by atoms with Gasteiger partial charge in [-0.2, -0.15) is 0 Å². The van der Waals surface area contributed by atoms with E-state index in [2.05, 4.69) is 4.74 Å². The molecule has 0 aromatic heterocycles. The Balaban J connectivity index is 3.44. The molecule has 1 aromatic carbocycles. The summed E-state index contributed by atoms with van der Waals surface area (Å²) in [5.74, 6) is -0.883. The van der Waals surface area contributed by atoms with Crippen molar-refractivity contribution in [1.29, 1.82) is 0 Å². The largest absolute Gasteiger partial charge is 0.502 e. The van der Waals surface area contributed by atoms with E-state index in [4.69, 9.17) is 0 Å². The standard InChI is InChI=1S/C12H15NO5/c1-7-5-8(12(2,3)11(15)18-4)6-9(10(7)14)13(16)17/h5-6,14H,1-4H3. The summed E-state index contributed by atoms with van der Waals surface area (Å²) in [6, 6.07) is 2.73. The van der Waals surface area contributed by atoms with Crippen LogP contribution in [0.15, 0.2) is 12.1 Å². The molecule has 0 aliphatic rings. The lowest BCUT2D eigenvalue weighted by atomic mass is 9.83. The molecule has 0 spiro atoms. The molecule has 0 fully saturated rings. The maximum Gasteiger partial charge on any atom is 0.315 e. The third-order valence-corrected chi connectivity index (χ3v) is 2.89. The number of esters is 1. The Labute approximate surface area is 104 Å². The molecule has 0 saturated carbocycles. The van der Waals surface area contributed by atoms with Gasteiger partial charge in [0, 0.05) is 6.07 Å². The van der Waals surface area contributed by atoms with Crippen LogP contribution in [0.1, 0.15) is 25.0 Å². The molecule has 18 heavy (non-hydrogen) atoms. The predicted molar refractivity (Wildman–Crippen MR) is 64.5 cm³/mol. The number of hydrogen-bond acceptors (Lipinski definition) is 5. The number of carbonyl (C=O) groups excluding carboxylic acids is 1. The predicted octanol–water partition coefficient (Wildman–Crippen LogP) is 2.06. The first-order valence-electron chi connectivity index (χ1n) is 5.28. The fourth-order valence-electron chi connectivity index (χ4n) is 1.63. The van der Waals surface area contributed by atoms with E-state index in [1.165, 1.54) is 13.2 Å². The summed E-state index contributed by atoms with van der Waals surface area (Å²) in [6.45, 7) is 4.75. The summed E-state index contributed by atoms with van der Waals surface area (Å²) in [7, 11) is 1.26. The number of nitro benzene ring substituents is 1. The Morgan fingerprint density at radius 1 is 1.44 bits per heavy atom. The third kappa shape index (κ3) is 2.27. The number of phenolic OH excluding ortho intramolecular Hbond substituents is 1. The second-order valence-corrected chi connectivity index (χ2v) is 4.53. The number of nitrogens with zero attached hydrogens (tertiary/aromatic N) is 1. The highest BCUT2D eigenvalue weighted by atomic mass is 16.6. The normalized spacial score (nSPS) is 11.1. The Bertz CT molecular complexity index is 507. The van der Waals surface area contributed by atoms with E-state index in [0.717, 1.165) is 0 Å². The van der Waals surface area contributed by atoms with E-state index in [0.29, 0.717) is 11.1 Å². The third-order valence-electron chi connectivity index (χ3n) is 2.89. The number of carbonyl (C=O) groups is 1. The van der Waals surface area contributed by atoms with E-state index in [1.54, 1.807) is 26.8 Å². The van der Waals surface area contributed by atoms with Crippen LogP contribution in [0, 0.1) is 17.0 Å². The molecule has 98 valence electrons. The zero-order valence-corrected chi connectivity index (χ0v) is 10.7. The smallest absolute Gasteiger partial charge is 0.315 e. The number of methoxy groups -OCH3 is 1. The Morgan fingerprint density at radius 2 is 2.00 bits per heavy atom. The summed E-state index contributed by atoms with van der Waals surface area (Å²) in [4.78, 5) is 21.8. The molecule has 0 radical (unpaired) electrons. The maximum atomic E-state index is 11.7. The van der Waals surface area contributed by atoms with Crippen molar-refractivity contribution in [3.05, 3.63) is 33.4 Å². The first-order valence-corrected chi connectivity index (χ1v) is 5.28. The fraction of sp³-hybridized carbons (Fsp3) is 0.417. The molecule has 0 amide bonds. The van der Waals surface area contributed by atoms with Gasteiger partial charge in [-0.05, 0) is 31.9 Å². The molecule has 0 aliphatic heterocycles. The van der Waals surface area contributed by atoms with Gasteiger partial charge >= 0.3 is 11.7 Å². The summed E-state index contributed by atoms with van der Waals surface area (Å²) < 4.78 is 4.67. The van der Waals surface area contributed by atoms with Crippen LogP contribution in [-0.2, 0) is 14.9 Å². The molecule has 1 aromatic rings. The number of benzene rings is 1. The molecular formula is C12H15NO5. The molecule has 0 aliphatic carbocycles. The van der Waals surface area contributed by atoms with Gasteiger partial charge in [0.25, 0.3) is 0 Å². The van der Waals surface area contributed by atoms with Crippen molar-refractivity contribution >= 4 is 11.7 Å². The van der Waals surface area contributed by atoms with Crippen molar-refractivity contribution < 1.29 is 19.6 Å². The summed E-state index contributed by atoms with van der Waals surface area (Å²) in [6.07, 6.45) is 0. The molecule has 0 unspecified atom stereocenters. The Hall–Kier alpha value is -2.11. The maximum absolute atomic E-state index is 11.7. The quantitative estimate of drug-likeness (QED) is 0.506. The lowest BCUT2D eigenvalue weighted by Crippen LogP contribution is -2.30. The minimum Gasteiger partial charge on any atom is -0.502 e. The van der Waals surface area contributed by atoms with Crippen LogP contribution in [0.4, 0.5) is 5.69 Å². The molecule has 6 heteroatoms. The van der Waals surface area contributed by atoms with E-state index in [-0.39, 0.29) is 5.75 Å². The molecule has 0 saturated heterocycles. The summed E-state index contributed by atoms with van der Waals surface area (Å²) in [5, 5.41) is 20.4. The average molecular weight is 253 g/mol. The SMILES string of the molecule is COC(=O)C(C)(C)c1cc(C)c(O)c([N+](=O)[O-])c1. The molecule has 0 bridgehead atoms. The van der Waals surface area contributed by atoms with Crippen molar-refractivity contribution in [1.82, 2.24) is 0 Å². The van der Waals surface area contributed by atoms with Crippen LogP contribution in [0.5, 0.6) is 5.75 Å². The Morgan fingerprint density at radius 3 is 2.44 bits per heavy atom. The van der Waals surface area contributed by atoms with Crippen LogP contribution < -0.4 is 0 Å². The van der Waals surface area contributed by atoms with Crippen LogP contribution in [0.2, 0.25) is 0 Å². The van der Waals surface area contributed by atoms with Crippen LogP contribution >= 0.6 is 0 Å². The molecule has 1 rings (SSSR count). The van der Waals surface area contributed by atoms with Gasteiger partial charge in [0.2, 0.25) is 0 Å². The van der Waals surface area contributed by atoms with Gasteiger partial charge in [-0.1, -0.05) is 6.07 Å². The number of phenols is 1. The monoisotopic (exact) mass is 253 g/mol. The highest BCUT2D eigenvalue weighted by Gasteiger charge is 2.33. The molecule has 0 heterocycles. The van der Waals surface area contributed by atoms with Gasteiger partial charge in [0.15, 0.2) is 5.75 Å². The second kappa shape index (κ2) is 4.64. The molecule has 0 atom stereocenters. The lowest BCUT2D eigenvalue weighted by Gasteiger charge is -2.22. The zero-order chi connectivity index (χ0) is 14.1. The minimum absolute atomic E-state index is 0.344. The van der Waals surface area contributed by atoms with Crippen LogP contribution in [0.3, 0.4) is 0 Å². The summed E-state index contributed by atoms with van der Waals surface area (Å²) in [5.41, 5.74) is -0.660.